The molecule has 3 rings (SSSR count). The van der Waals surface area contributed by atoms with Crippen LogP contribution >= 0.6 is 0 Å². The Balaban J connectivity index is 1.55. The van der Waals surface area contributed by atoms with Crippen molar-refractivity contribution in [3.63, 3.8) is 0 Å². The molecule has 1 N–H and O–H groups in total. The monoisotopic (exact) mass is 315 g/mol. The van der Waals surface area contributed by atoms with Gasteiger partial charge in [0.15, 0.2) is 5.82 Å². The number of ether oxygens (including phenoxy) is 2. The summed E-state index contributed by atoms with van der Waals surface area (Å²) in [7, 11) is 1.68. The molecule has 0 unspecified atom stereocenters. The van der Waals surface area contributed by atoms with Crippen LogP contribution in [0.5, 0.6) is 5.75 Å². The van der Waals surface area contributed by atoms with E-state index in [2.05, 4.69) is 31.5 Å². The molecular weight excluding hydrogens is 294 g/mol. The third-order valence-corrected chi connectivity index (χ3v) is 3.70. The van der Waals surface area contributed by atoms with E-state index in [4.69, 9.17) is 9.47 Å². The topological polar surface area (TPSA) is 72.4 Å². The van der Waals surface area contributed by atoms with Crippen molar-refractivity contribution in [1.29, 1.82) is 0 Å². The number of hydrogen-bond acceptors (Lipinski definition) is 7. The second kappa shape index (κ2) is 7.73. The molecule has 1 fully saturated rings. The smallest absolute Gasteiger partial charge is 0.247 e. The molecule has 0 bridgehead atoms. The maximum absolute atomic E-state index is 5.34. The Hall–Kier alpha value is -2.41. The van der Waals surface area contributed by atoms with E-state index in [0.717, 1.165) is 37.6 Å². The van der Waals surface area contributed by atoms with Crippen molar-refractivity contribution < 1.29 is 9.47 Å². The zero-order valence-electron chi connectivity index (χ0n) is 13.2. The molecule has 7 nitrogen and oxygen atoms in total. The minimum atomic E-state index is 0.652. The number of rotatable bonds is 6. The lowest BCUT2D eigenvalue weighted by atomic mass is 10.1. The second-order valence-corrected chi connectivity index (χ2v) is 5.27. The number of anilines is 2. The van der Waals surface area contributed by atoms with Crippen LogP contribution in [0.3, 0.4) is 0 Å². The molecule has 0 saturated carbocycles. The van der Waals surface area contributed by atoms with Crippen molar-refractivity contribution in [2.45, 2.75) is 6.42 Å². The molecule has 1 aromatic carbocycles. The number of methoxy groups -OCH3 is 1. The first-order chi connectivity index (χ1) is 11.3. The second-order valence-electron chi connectivity index (χ2n) is 5.27. The maximum atomic E-state index is 5.34. The van der Waals surface area contributed by atoms with Crippen molar-refractivity contribution in [3.05, 3.63) is 36.0 Å². The summed E-state index contributed by atoms with van der Waals surface area (Å²) in [5.74, 6) is 2.27. The highest BCUT2D eigenvalue weighted by Crippen LogP contribution is 2.14. The van der Waals surface area contributed by atoms with Crippen LogP contribution in [-0.2, 0) is 11.2 Å². The summed E-state index contributed by atoms with van der Waals surface area (Å²) in [4.78, 5) is 6.61. The first kappa shape index (κ1) is 15.5. The summed E-state index contributed by atoms with van der Waals surface area (Å²) in [6, 6.07) is 8.07. The van der Waals surface area contributed by atoms with Crippen LogP contribution in [-0.4, -0.2) is 55.1 Å². The van der Waals surface area contributed by atoms with E-state index in [1.54, 1.807) is 13.3 Å². The molecule has 1 aliphatic heterocycles. The highest BCUT2D eigenvalue weighted by Gasteiger charge is 2.14. The van der Waals surface area contributed by atoms with Crippen molar-refractivity contribution in [2.75, 3.05) is 50.2 Å². The normalized spacial score (nSPS) is 14.6. The number of hydrogen-bond donors (Lipinski definition) is 1. The predicted octanol–water partition coefficient (Wildman–Crippen LogP) is 1.37. The van der Waals surface area contributed by atoms with Crippen molar-refractivity contribution >= 4 is 11.8 Å². The zero-order chi connectivity index (χ0) is 15.9. The summed E-state index contributed by atoms with van der Waals surface area (Å²) in [6.07, 6.45) is 2.53. The van der Waals surface area contributed by atoms with Crippen LogP contribution in [0.1, 0.15) is 5.56 Å². The molecule has 23 heavy (non-hydrogen) atoms. The van der Waals surface area contributed by atoms with Gasteiger partial charge in [0.05, 0.1) is 26.5 Å². The Morgan fingerprint density at radius 3 is 3.00 bits per heavy atom. The quantitative estimate of drug-likeness (QED) is 0.863. The van der Waals surface area contributed by atoms with Gasteiger partial charge in [-0.3, -0.25) is 0 Å². The van der Waals surface area contributed by atoms with Gasteiger partial charge in [0.25, 0.3) is 0 Å². The number of morpholine rings is 1. The Bertz CT molecular complexity index is 631. The van der Waals surface area contributed by atoms with Gasteiger partial charge in [-0.25, -0.2) is 0 Å². The van der Waals surface area contributed by atoms with Crippen LogP contribution in [0, 0.1) is 0 Å². The first-order valence-electron chi connectivity index (χ1n) is 7.74. The lowest BCUT2D eigenvalue weighted by molar-refractivity contribution is 0.122. The number of aromatic nitrogens is 3. The third kappa shape index (κ3) is 4.29. The summed E-state index contributed by atoms with van der Waals surface area (Å²) >= 11 is 0. The lowest BCUT2D eigenvalue weighted by Gasteiger charge is -2.26. The van der Waals surface area contributed by atoms with Crippen molar-refractivity contribution in [3.8, 4) is 5.75 Å². The SMILES string of the molecule is COc1cccc(CCNc2cnnc(N3CCOCC3)n2)c1. The fourth-order valence-corrected chi connectivity index (χ4v) is 2.44. The van der Waals surface area contributed by atoms with E-state index in [1.807, 2.05) is 18.2 Å². The van der Waals surface area contributed by atoms with E-state index in [0.29, 0.717) is 19.2 Å². The number of nitrogens with one attached hydrogen (secondary N) is 1. The average molecular weight is 315 g/mol. The number of benzene rings is 1. The van der Waals surface area contributed by atoms with E-state index in [9.17, 15) is 0 Å². The zero-order valence-corrected chi connectivity index (χ0v) is 13.2. The largest absolute Gasteiger partial charge is 0.497 e. The van der Waals surface area contributed by atoms with E-state index in [1.165, 1.54) is 5.56 Å². The molecule has 0 amide bonds. The first-order valence-corrected chi connectivity index (χ1v) is 7.74. The Kier molecular flexibility index (Phi) is 5.21. The highest BCUT2D eigenvalue weighted by atomic mass is 16.5. The molecule has 0 radical (unpaired) electrons. The Morgan fingerprint density at radius 2 is 2.17 bits per heavy atom. The van der Waals surface area contributed by atoms with E-state index in [-0.39, 0.29) is 0 Å². The van der Waals surface area contributed by atoms with Crippen LogP contribution in [0.25, 0.3) is 0 Å². The molecule has 2 aromatic rings. The molecule has 7 heteroatoms. The number of nitrogens with zero attached hydrogens (tertiary/aromatic N) is 4. The van der Waals surface area contributed by atoms with Gasteiger partial charge in [-0.15, -0.1) is 5.10 Å². The minimum Gasteiger partial charge on any atom is -0.497 e. The molecule has 0 aliphatic carbocycles. The van der Waals surface area contributed by atoms with Crippen LogP contribution in [0.2, 0.25) is 0 Å². The van der Waals surface area contributed by atoms with Gasteiger partial charge >= 0.3 is 0 Å². The van der Waals surface area contributed by atoms with Gasteiger partial charge in [-0.2, -0.15) is 10.1 Å². The highest BCUT2D eigenvalue weighted by molar-refractivity contribution is 5.39. The van der Waals surface area contributed by atoms with Gasteiger partial charge < -0.3 is 19.7 Å². The summed E-state index contributed by atoms with van der Waals surface area (Å²) in [5.41, 5.74) is 1.22. The Morgan fingerprint density at radius 1 is 1.30 bits per heavy atom. The molecule has 0 atom stereocenters. The molecule has 1 saturated heterocycles. The molecule has 122 valence electrons. The van der Waals surface area contributed by atoms with Gasteiger partial charge in [-0.1, -0.05) is 12.1 Å². The van der Waals surface area contributed by atoms with Crippen molar-refractivity contribution in [1.82, 2.24) is 15.2 Å². The molecule has 0 spiro atoms. The van der Waals surface area contributed by atoms with Gasteiger partial charge in [0.2, 0.25) is 5.95 Å². The maximum Gasteiger partial charge on any atom is 0.247 e. The predicted molar refractivity (Wildman–Crippen MR) is 88.0 cm³/mol. The molecule has 1 aromatic heterocycles. The van der Waals surface area contributed by atoms with Crippen LogP contribution < -0.4 is 15.0 Å². The van der Waals surface area contributed by atoms with E-state index >= 15 is 0 Å². The van der Waals surface area contributed by atoms with Crippen molar-refractivity contribution in [2.24, 2.45) is 0 Å². The van der Waals surface area contributed by atoms with Crippen LogP contribution in [0.4, 0.5) is 11.8 Å². The van der Waals surface area contributed by atoms with Gasteiger partial charge in [-0.05, 0) is 24.1 Å². The lowest BCUT2D eigenvalue weighted by Crippen LogP contribution is -2.37. The van der Waals surface area contributed by atoms with Gasteiger partial charge in [0.1, 0.15) is 5.75 Å². The Labute approximate surface area is 135 Å². The average Bonchev–Trinajstić information content (AvgIpc) is 2.63. The molecule has 1 aliphatic rings. The molecular formula is C16H21N5O2. The summed E-state index contributed by atoms with van der Waals surface area (Å²) < 4.78 is 10.6. The van der Waals surface area contributed by atoms with E-state index < -0.39 is 0 Å². The minimum absolute atomic E-state index is 0.652. The standard InChI is InChI=1S/C16H21N5O2/c1-22-14-4-2-3-13(11-14)5-6-17-15-12-18-20-16(19-15)21-7-9-23-10-8-21/h2-4,11-12H,5-10H2,1H3,(H,17,19,20). The van der Waals surface area contributed by atoms with Crippen LogP contribution in [0.15, 0.2) is 30.5 Å². The third-order valence-electron chi connectivity index (χ3n) is 3.70. The van der Waals surface area contributed by atoms with Gasteiger partial charge in [0, 0.05) is 19.6 Å². The molecule has 2 heterocycles. The summed E-state index contributed by atoms with van der Waals surface area (Å²) in [5, 5.41) is 11.4. The fraction of sp³-hybridized carbons (Fsp3) is 0.438. The summed E-state index contributed by atoms with van der Waals surface area (Å²) in [6.45, 7) is 3.78. The fourth-order valence-electron chi connectivity index (χ4n) is 2.44.